The van der Waals surface area contributed by atoms with Crippen molar-refractivity contribution in [1.29, 1.82) is 0 Å². The molecule has 0 spiro atoms. The molecule has 0 atom stereocenters. The molecular weight excluding hydrogens is 98.1 g/mol. The first-order valence-corrected chi connectivity index (χ1v) is 2.82. The van der Waals surface area contributed by atoms with Crippen molar-refractivity contribution < 1.29 is 0 Å². The Morgan fingerprint density at radius 1 is 1.38 bits per heavy atom. The molecule has 0 amide bonds. The van der Waals surface area contributed by atoms with Crippen molar-refractivity contribution in [3.63, 3.8) is 0 Å². The molecule has 0 rings (SSSR count). The molecule has 1 N–H and O–H groups in total. The highest BCUT2D eigenvalue weighted by atomic mass is 14.8. The van der Waals surface area contributed by atoms with Gasteiger partial charge >= 0.3 is 0 Å². The largest absolute Gasteiger partial charge is 0.366 e. The summed E-state index contributed by atoms with van der Waals surface area (Å²) in [4.78, 5) is 0. The van der Waals surface area contributed by atoms with Crippen LogP contribution in [0, 0.1) is 0 Å². The fourth-order valence-electron chi connectivity index (χ4n) is 0.298. The minimum Gasteiger partial charge on any atom is -0.366 e. The van der Waals surface area contributed by atoms with Gasteiger partial charge in [-0.15, -0.1) is 0 Å². The van der Waals surface area contributed by atoms with Crippen LogP contribution in [0.5, 0.6) is 0 Å². The van der Waals surface area contributed by atoms with Crippen molar-refractivity contribution in [1.82, 2.24) is 5.32 Å². The quantitative estimate of drug-likeness (QED) is 0.575. The third kappa shape index (κ3) is 3.47. The van der Waals surface area contributed by atoms with Crippen molar-refractivity contribution in [2.24, 2.45) is 0 Å². The summed E-state index contributed by atoms with van der Waals surface area (Å²) in [5.41, 5.74) is 1.18. The number of hydrogen-bond donors (Lipinski definition) is 1. The van der Waals surface area contributed by atoms with E-state index in [2.05, 4.69) is 5.32 Å². The summed E-state index contributed by atoms with van der Waals surface area (Å²) in [5, 5.41) is 3.06. The van der Waals surface area contributed by atoms with Crippen molar-refractivity contribution in [3.05, 3.63) is 24.0 Å². The van der Waals surface area contributed by atoms with Crippen molar-refractivity contribution in [2.75, 3.05) is 0 Å². The second-order valence-corrected chi connectivity index (χ2v) is 1.62. The highest BCUT2D eigenvalue weighted by Crippen LogP contribution is 1.82. The second kappa shape index (κ2) is 4.44. The number of hydrogen-bond acceptors (Lipinski definition) is 1. The van der Waals surface area contributed by atoms with Gasteiger partial charge < -0.3 is 5.32 Å². The zero-order chi connectivity index (χ0) is 6.41. The van der Waals surface area contributed by atoms with E-state index < -0.39 is 0 Å². The molecule has 0 saturated heterocycles. The van der Waals surface area contributed by atoms with Crippen molar-refractivity contribution in [3.8, 4) is 0 Å². The van der Waals surface area contributed by atoms with Gasteiger partial charge in [-0.05, 0) is 27.0 Å². The average Bonchev–Trinajstić information content (AvgIpc) is 1.83. The van der Waals surface area contributed by atoms with Gasteiger partial charge in [-0.3, -0.25) is 0 Å². The Balaban J connectivity index is 3.40. The highest BCUT2D eigenvalue weighted by molar-refractivity contribution is 4.97. The first-order valence-electron chi connectivity index (χ1n) is 2.82. The van der Waals surface area contributed by atoms with Crippen molar-refractivity contribution >= 4 is 0 Å². The summed E-state index contributed by atoms with van der Waals surface area (Å²) < 4.78 is 0. The van der Waals surface area contributed by atoms with E-state index in [4.69, 9.17) is 0 Å². The molecule has 0 saturated carbocycles. The molecule has 0 fully saturated rings. The summed E-state index contributed by atoms with van der Waals surface area (Å²) in [5.74, 6) is 0. The van der Waals surface area contributed by atoms with Crippen LogP contribution in [0.15, 0.2) is 24.0 Å². The summed E-state index contributed by atoms with van der Waals surface area (Å²) >= 11 is 0. The lowest BCUT2D eigenvalue weighted by Crippen LogP contribution is -1.98. The molecule has 0 bridgehead atoms. The summed E-state index contributed by atoms with van der Waals surface area (Å²) in [6.07, 6.45) is 5.91. The number of allylic oxidation sites excluding steroid dienone is 3. The molecule has 0 aromatic heterocycles. The van der Waals surface area contributed by atoms with Gasteiger partial charge in [0.15, 0.2) is 0 Å². The Bertz CT molecular complexity index is 101. The molecule has 0 aromatic carbocycles. The normalized spacial score (nSPS) is 12.6. The van der Waals surface area contributed by atoms with Crippen LogP contribution in [0.1, 0.15) is 20.8 Å². The van der Waals surface area contributed by atoms with E-state index in [0.717, 1.165) is 0 Å². The lowest BCUT2D eigenvalue weighted by Gasteiger charge is -1.94. The lowest BCUT2D eigenvalue weighted by atomic mass is 10.4. The summed E-state index contributed by atoms with van der Waals surface area (Å²) in [7, 11) is 0. The molecule has 0 heterocycles. The molecule has 0 unspecified atom stereocenters. The van der Waals surface area contributed by atoms with Crippen molar-refractivity contribution in [2.45, 2.75) is 20.8 Å². The minimum absolute atomic E-state index is 1.18. The maximum absolute atomic E-state index is 3.06. The molecule has 0 radical (unpaired) electrons. The molecule has 0 aliphatic rings. The Morgan fingerprint density at radius 3 is 2.38 bits per heavy atom. The van der Waals surface area contributed by atoms with Crippen LogP contribution in [0.2, 0.25) is 0 Å². The van der Waals surface area contributed by atoms with Crippen LogP contribution < -0.4 is 5.32 Å². The van der Waals surface area contributed by atoms with Gasteiger partial charge in [-0.1, -0.05) is 12.2 Å². The lowest BCUT2D eigenvalue weighted by molar-refractivity contribution is 1.05. The first kappa shape index (κ1) is 7.28. The van der Waals surface area contributed by atoms with Gasteiger partial charge in [0.1, 0.15) is 0 Å². The van der Waals surface area contributed by atoms with Gasteiger partial charge in [0.2, 0.25) is 0 Å². The Kier molecular flexibility index (Phi) is 4.04. The predicted molar refractivity (Wildman–Crippen MR) is 37.4 cm³/mol. The van der Waals surface area contributed by atoms with E-state index in [0.29, 0.717) is 0 Å². The standard InChI is InChI=1S/C7H13N/c1-4-6-8-7(3)5-2/h4-6,8H,1-3H3/b6-4-,7-5+. The number of rotatable bonds is 2. The molecule has 0 aromatic rings. The molecule has 1 heteroatoms. The van der Waals surface area contributed by atoms with E-state index in [-0.39, 0.29) is 0 Å². The van der Waals surface area contributed by atoms with E-state index in [1.807, 2.05) is 39.1 Å². The van der Waals surface area contributed by atoms with Crippen LogP contribution in [-0.2, 0) is 0 Å². The molecule has 0 aliphatic carbocycles. The smallest absolute Gasteiger partial charge is 0.00713 e. The van der Waals surface area contributed by atoms with Gasteiger partial charge in [-0.25, -0.2) is 0 Å². The summed E-state index contributed by atoms with van der Waals surface area (Å²) in [6.45, 7) is 6.02. The summed E-state index contributed by atoms with van der Waals surface area (Å²) in [6, 6.07) is 0. The van der Waals surface area contributed by atoms with Crippen LogP contribution in [-0.4, -0.2) is 0 Å². The minimum atomic E-state index is 1.18. The van der Waals surface area contributed by atoms with E-state index in [1.54, 1.807) is 0 Å². The predicted octanol–water partition coefficient (Wildman–Crippen LogP) is 2.03. The maximum Gasteiger partial charge on any atom is 0.00713 e. The number of nitrogens with one attached hydrogen (secondary N) is 1. The zero-order valence-electron chi connectivity index (χ0n) is 5.73. The Labute approximate surface area is 51.1 Å². The monoisotopic (exact) mass is 111 g/mol. The Hall–Kier alpha value is -0.720. The average molecular weight is 111 g/mol. The van der Waals surface area contributed by atoms with Gasteiger partial charge in [0.05, 0.1) is 0 Å². The SMILES string of the molecule is C/C=C\N/C(C)=C/C. The maximum atomic E-state index is 3.06. The molecule has 1 nitrogen and oxygen atoms in total. The Morgan fingerprint density at radius 2 is 2.00 bits per heavy atom. The van der Waals surface area contributed by atoms with Crippen LogP contribution >= 0.6 is 0 Å². The molecule has 8 heavy (non-hydrogen) atoms. The highest BCUT2D eigenvalue weighted by Gasteiger charge is 1.73. The molecule has 46 valence electrons. The zero-order valence-corrected chi connectivity index (χ0v) is 5.73. The molecular formula is C7H13N. The van der Waals surface area contributed by atoms with E-state index in [9.17, 15) is 0 Å². The van der Waals surface area contributed by atoms with Gasteiger partial charge in [0.25, 0.3) is 0 Å². The first-order chi connectivity index (χ1) is 3.81. The van der Waals surface area contributed by atoms with Crippen LogP contribution in [0.3, 0.4) is 0 Å². The fraction of sp³-hybridized carbons (Fsp3) is 0.429. The van der Waals surface area contributed by atoms with E-state index in [1.165, 1.54) is 5.70 Å². The van der Waals surface area contributed by atoms with Crippen LogP contribution in [0.4, 0.5) is 0 Å². The van der Waals surface area contributed by atoms with Gasteiger partial charge in [-0.2, -0.15) is 0 Å². The third-order valence-corrected chi connectivity index (χ3v) is 0.911. The topological polar surface area (TPSA) is 12.0 Å². The molecule has 0 aliphatic heterocycles. The van der Waals surface area contributed by atoms with Gasteiger partial charge in [0, 0.05) is 5.70 Å². The fourth-order valence-corrected chi connectivity index (χ4v) is 0.298. The van der Waals surface area contributed by atoms with Crippen LogP contribution in [0.25, 0.3) is 0 Å². The third-order valence-electron chi connectivity index (χ3n) is 0.911. The second-order valence-electron chi connectivity index (χ2n) is 1.62. The van der Waals surface area contributed by atoms with E-state index >= 15 is 0 Å².